The minimum atomic E-state index is -3.76. The number of nitrogens with one attached hydrogen (secondary N) is 1. The zero-order valence-corrected chi connectivity index (χ0v) is 13.0. The minimum Gasteiger partial charge on any atom is -0.207 e. The maximum absolute atomic E-state index is 13.1. The number of rotatable bonds is 5. The van der Waals surface area contributed by atoms with Gasteiger partial charge in [0.15, 0.2) is 0 Å². The van der Waals surface area contributed by atoms with Gasteiger partial charge in [0, 0.05) is 6.04 Å². The monoisotopic (exact) mass is 327 g/mol. The molecule has 0 aliphatic heterocycles. The van der Waals surface area contributed by atoms with Crippen molar-refractivity contribution in [3.05, 3.63) is 64.9 Å². The molecule has 0 aliphatic rings. The van der Waals surface area contributed by atoms with Crippen molar-refractivity contribution in [2.75, 3.05) is 0 Å². The van der Waals surface area contributed by atoms with E-state index < -0.39 is 15.8 Å². The second kappa shape index (κ2) is 6.56. The normalized spacial score (nSPS) is 13.1. The largest absolute Gasteiger partial charge is 0.241 e. The highest BCUT2D eigenvalue weighted by Crippen LogP contribution is 2.23. The molecular weight excluding hydrogens is 313 g/mol. The highest BCUT2D eigenvalue weighted by molar-refractivity contribution is 7.89. The van der Waals surface area contributed by atoms with Gasteiger partial charge in [-0.3, -0.25) is 0 Å². The summed E-state index contributed by atoms with van der Waals surface area (Å²) in [5.74, 6) is -0.647. The molecule has 0 saturated heterocycles. The van der Waals surface area contributed by atoms with Gasteiger partial charge < -0.3 is 0 Å². The van der Waals surface area contributed by atoms with Gasteiger partial charge in [-0.25, -0.2) is 17.5 Å². The smallest absolute Gasteiger partial charge is 0.207 e. The van der Waals surface area contributed by atoms with Crippen molar-refractivity contribution < 1.29 is 12.8 Å². The Morgan fingerprint density at radius 2 is 1.86 bits per heavy atom. The first-order chi connectivity index (χ1) is 9.94. The standard InChI is InChI=1S/C15H15ClFNO2S/c1-2-15(11-6-4-3-5-7-11)18-21(19,20)12-8-9-14(17)13(16)10-12/h3-10,15,18H,2H2,1H3. The van der Waals surface area contributed by atoms with Crippen LogP contribution in [0.5, 0.6) is 0 Å². The number of hydrogen-bond donors (Lipinski definition) is 1. The van der Waals surface area contributed by atoms with Crippen LogP contribution in [0.4, 0.5) is 4.39 Å². The van der Waals surface area contributed by atoms with E-state index in [-0.39, 0.29) is 16.0 Å². The molecule has 0 bridgehead atoms. The molecule has 0 radical (unpaired) electrons. The van der Waals surface area contributed by atoms with Crippen LogP contribution in [-0.2, 0) is 10.0 Å². The lowest BCUT2D eigenvalue weighted by atomic mass is 10.1. The van der Waals surface area contributed by atoms with E-state index in [1.807, 2.05) is 37.3 Å². The SMILES string of the molecule is CCC(NS(=O)(=O)c1ccc(F)c(Cl)c1)c1ccccc1. The van der Waals surface area contributed by atoms with Crippen LogP contribution in [0.1, 0.15) is 24.9 Å². The van der Waals surface area contributed by atoms with Gasteiger partial charge in [0.2, 0.25) is 10.0 Å². The van der Waals surface area contributed by atoms with Crippen molar-refractivity contribution in [1.82, 2.24) is 4.72 Å². The molecule has 0 amide bonds. The van der Waals surface area contributed by atoms with Crippen LogP contribution in [0.15, 0.2) is 53.4 Å². The number of benzene rings is 2. The molecule has 1 atom stereocenters. The molecule has 1 N–H and O–H groups in total. The molecule has 1 unspecified atom stereocenters. The first kappa shape index (κ1) is 15.9. The molecule has 0 saturated carbocycles. The third-order valence-corrected chi connectivity index (χ3v) is 4.87. The molecule has 0 aliphatic carbocycles. The summed E-state index contributed by atoms with van der Waals surface area (Å²) in [5, 5.41) is -0.217. The van der Waals surface area contributed by atoms with E-state index in [9.17, 15) is 12.8 Å². The summed E-state index contributed by atoms with van der Waals surface area (Å²) in [4.78, 5) is -0.0525. The molecular formula is C15H15ClFNO2S. The first-order valence-corrected chi connectivity index (χ1v) is 8.32. The summed E-state index contributed by atoms with van der Waals surface area (Å²) in [6.45, 7) is 1.89. The van der Waals surface area contributed by atoms with Gasteiger partial charge >= 0.3 is 0 Å². The number of halogens is 2. The molecule has 6 heteroatoms. The third-order valence-electron chi connectivity index (χ3n) is 3.11. The lowest BCUT2D eigenvalue weighted by Gasteiger charge is -2.17. The van der Waals surface area contributed by atoms with E-state index in [0.717, 1.165) is 17.7 Å². The van der Waals surface area contributed by atoms with Crippen molar-refractivity contribution in [2.45, 2.75) is 24.3 Å². The molecule has 112 valence electrons. The van der Waals surface area contributed by atoms with E-state index in [1.165, 1.54) is 6.07 Å². The quantitative estimate of drug-likeness (QED) is 0.905. The molecule has 2 aromatic rings. The highest BCUT2D eigenvalue weighted by Gasteiger charge is 2.21. The Morgan fingerprint density at radius 3 is 2.43 bits per heavy atom. The van der Waals surface area contributed by atoms with Gasteiger partial charge in [0.1, 0.15) is 5.82 Å². The predicted molar refractivity (Wildman–Crippen MR) is 81.2 cm³/mol. The third kappa shape index (κ3) is 3.81. The molecule has 2 aromatic carbocycles. The van der Waals surface area contributed by atoms with Crippen molar-refractivity contribution >= 4 is 21.6 Å². The van der Waals surface area contributed by atoms with Gasteiger partial charge in [-0.1, -0.05) is 48.9 Å². The molecule has 0 aromatic heterocycles. The summed E-state index contributed by atoms with van der Waals surface area (Å²) < 4.78 is 40.4. The lowest BCUT2D eigenvalue weighted by Crippen LogP contribution is -2.28. The van der Waals surface area contributed by atoms with Crippen LogP contribution in [0.3, 0.4) is 0 Å². The minimum absolute atomic E-state index is 0.0525. The van der Waals surface area contributed by atoms with Gasteiger partial charge in [-0.05, 0) is 30.2 Å². The fourth-order valence-electron chi connectivity index (χ4n) is 1.97. The molecule has 0 heterocycles. The van der Waals surface area contributed by atoms with Crippen LogP contribution in [0.25, 0.3) is 0 Å². The Kier molecular flexibility index (Phi) is 4.98. The fourth-order valence-corrected chi connectivity index (χ4v) is 3.55. The second-order valence-corrected chi connectivity index (χ2v) is 6.69. The predicted octanol–water partition coefficient (Wildman–Crippen LogP) is 3.91. The molecule has 21 heavy (non-hydrogen) atoms. The van der Waals surface area contributed by atoms with Crippen LogP contribution < -0.4 is 4.72 Å². The fraction of sp³-hybridized carbons (Fsp3) is 0.200. The molecule has 2 rings (SSSR count). The summed E-state index contributed by atoms with van der Waals surface area (Å²) >= 11 is 5.64. The van der Waals surface area contributed by atoms with Crippen molar-refractivity contribution in [2.24, 2.45) is 0 Å². The van der Waals surface area contributed by atoms with Crippen LogP contribution >= 0.6 is 11.6 Å². The topological polar surface area (TPSA) is 46.2 Å². The average molecular weight is 328 g/mol. The second-order valence-electron chi connectivity index (χ2n) is 4.57. The summed E-state index contributed by atoms with van der Waals surface area (Å²) in [7, 11) is -3.76. The van der Waals surface area contributed by atoms with E-state index in [0.29, 0.717) is 6.42 Å². The number of hydrogen-bond acceptors (Lipinski definition) is 2. The average Bonchev–Trinajstić information content (AvgIpc) is 2.48. The Bertz CT molecular complexity index is 720. The maximum atomic E-state index is 13.1. The highest BCUT2D eigenvalue weighted by atomic mass is 35.5. The molecule has 3 nitrogen and oxygen atoms in total. The molecule has 0 fully saturated rings. The Hall–Kier alpha value is -1.43. The maximum Gasteiger partial charge on any atom is 0.241 e. The number of sulfonamides is 1. The van der Waals surface area contributed by atoms with Crippen molar-refractivity contribution in [1.29, 1.82) is 0 Å². The van der Waals surface area contributed by atoms with E-state index in [1.54, 1.807) is 0 Å². The van der Waals surface area contributed by atoms with Crippen LogP contribution in [0, 0.1) is 5.82 Å². The zero-order valence-electron chi connectivity index (χ0n) is 11.4. The summed E-state index contributed by atoms with van der Waals surface area (Å²) in [6.07, 6.45) is 0.595. The molecule has 0 spiro atoms. The van der Waals surface area contributed by atoms with E-state index in [4.69, 9.17) is 11.6 Å². The van der Waals surface area contributed by atoms with Crippen LogP contribution in [0.2, 0.25) is 5.02 Å². The first-order valence-electron chi connectivity index (χ1n) is 6.46. The van der Waals surface area contributed by atoms with Crippen molar-refractivity contribution in [3.63, 3.8) is 0 Å². The van der Waals surface area contributed by atoms with Crippen LogP contribution in [-0.4, -0.2) is 8.42 Å². The van der Waals surface area contributed by atoms with Crippen molar-refractivity contribution in [3.8, 4) is 0 Å². The Balaban J connectivity index is 2.29. The zero-order chi connectivity index (χ0) is 15.5. The van der Waals surface area contributed by atoms with Gasteiger partial charge in [0.05, 0.1) is 9.92 Å². The summed E-state index contributed by atoms with van der Waals surface area (Å²) in [6, 6.07) is 12.3. The Morgan fingerprint density at radius 1 is 1.19 bits per heavy atom. The lowest BCUT2D eigenvalue weighted by molar-refractivity contribution is 0.549. The van der Waals surface area contributed by atoms with Gasteiger partial charge in [-0.15, -0.1) is 0 Å². The Labute approximate surface area is 128 Å². The van der Waals surface area contributed by atoms with E-state index in [2.05, 4.69) is 4.72 Å². The van der Waals surface area contributed by atoms with E-state index >= 15 is 0 Å². The van der Waals surface area contributed by atoms with Gasteiger partial charge in [0.25, 0.3) is 0 Å². The summed E-state index contributed by atoms with van der Waals surface area (Å²) in [5.41, 5.74) is 0.872. The van der Waals surface area contributed by atoms with Gasteiger partial charge in [-0.2, -0.15) is 0 Å².